The van der Waals surface area contributed by atoms with Crippen molar-refractivity contribution >= 4 is 5.97 Å². The first kappa shape index (κ1) is 25.4. The van der Waals surface area contributed by atoms with E-state index < -0.39 is 23.9 Å². The van der Waals surface area contributed by atoms with Crippen LogP contribution in [0, 0.1) is 11.9 Å². The maximum absolute atomic E-state index is 14.1. The van der Waals surface area contributed by atoms with Gasteiger partial charge in [0.05, 0.1) is 5.69 Å². The van der Waals surface area contributed by atoms with Gasteiger partial charge in [-0.3, -0.25) is 0 Å². The Bertz CT molecular complexity index is 1270. The van der Waals surface area contributed by atoms with Gasteiger partial charge in [-0.2, -0.15) is 5.10 Å². The van der Waals surface area contributed by atoms with E-state index in [1.807, 2.05) is 6.07 Å². The standard InChI is InChI=1S/C23H14F4N3O3.Na/c24-17-9-16(10-19(11-17)33-23(25,26)27)21-12-20(29-30(21)18-7-4-8-28-13-18)22(31)32-14-15-5-2-1-3-6-15;/h1-3,5-13H,14H2;/q-1;+1. The minimum atomic E-state index is -5.00. The van der Waals surface area contributed by atoms with Crippen molar-refractivity contribution in [2.45, 2.75) is 13.0 Å². The molecule has 0 spiro atoms. The first-order chi connectivity index (χ1) is 15.8. The van der Waals surface area contributed by atoms with Crippen LogP contribution >= 0.6 is 0 Å². The molecular formula is C23H14F4N3NaO3. The van der Waals surface area contributed by atoms with Gasteiger partial charge in [0.25, 0.3) is 0 Å². The third-order valence-corrected chi connectivity index (χ3v) is 4.36. The van der Waals surface area contributed by atoms with E-state index in [9.17, 15) is 22.4 Å². The van der Waals surface area contributed by atoms with Gasteiger partial charge in [0, 0.05) is 11.6 Å². The van der Waals surface area contributed by atoms with Crippen molar-refractivity contribution in [2.75, 3.05) is 0 Å². The van der Waals surface area contributed by atoms with Crippen LogP contribution in [-0.2, 0) is 11.3 Å². The Morgan fingerprint density at radius 1 is 1.09 bits per heavy atom. The zero-order valence-electron chi connectivity index (χ0n) is 17.7. The molecule has 168 valence electrons. The predicted octanol–water partition coefficient (Wildman–Crippen LogP) is 2.13. The van der Waals surface area contributed by atoms with Gasteiger partial charge in [-0.1, -0.05) is 42.2 Å². The maximum atomic E-state index is 14.1. The molecular weight excluding hydrogens is 465 g/mol. The van der Waals surface area contributed by atoms with Gasteiger partial charge >= 0.3 is 41.9 Å². The van der Waals surface area contributed by atoms with E-state index in [1.165, 1.54) is 29.2 Å². The Hall–Kier alpha value is -3.21. The molecule has 0 bridgehead atoms. The minimum Gasteiger partial charge on any atom is -0.456 e. The van der Waals surface area contributed by atoms with Crippen molar-refractivity contribution in [3.63, 3.8) is 0 Å². The molecule has 34 heavy (non-hydrogen) atoms. The molecule has 0 saturated heterocycles. The Labute approximate surface area is 213 Å². The second kappa shape index (κ2) is 10.8. The number of hydrogen-bond donors (Lipinski definition) is 0. The van der Waals surface area contributed by atoms with Gasteiger partial charge in [-0.05, 0) is 30.0 Å². The summed E-state index contributed by atoms with van der Waals surface area (Å²) in [7, 11) is 0. The summed E-state index contributed by atoms with van der Waals surface area (Å²) in [6.07, 6.45) is -2.21. The van der Waals surface area contributed by atoms with E-state index in [2.05, 4.69) is 20.9 Å². The number of halogens is 4. The zero-order valence-corrected chi connectivity index (χ0v) is 19.7. The monoisotopic (exact) mass is 479 g/mol. The summed E-state index contributed by atoms with van der Waals surface area (Å²) in [4.78, 5) is 16.5. The summed E-state index contributed by atoms with van der Waals surface area (Å²) in [6.45, 7) is -0.00786. The SMILES string of the molecule is O=C(OCc1ccccc1)c1cc(-c2cc(F)cc(OC(F)(F)F)c2)n(-c2c[c-]cnc2)n1.[Na+]. The van der Waals surface area contributed by atoms with Crippen molar-refractivity contribution in [2.24, 2.45) is 0 Å². The van der Waals surface area contributed by atoms with Crippen molar-refractivity contribution in [3.8, 4) is 22.7 Å². The Morgan fingerprint density at radius 2 is 1.85 bits per heavy atom. The quantitative estimate of drug-likeness (QED) is 0.184. The topological polar surface area (TPSA) is 66.2 Å². The average molecular weight is 479 g/mol. The van der Waals surface area contributed by atoms with E-state index in [0.29, 0.717) is 11.8 Å². The first-order valence-electron chi connectivity index (χ1n) is 9.48. The number of esters is 1. The van der Waals surface area contributed by atoms with E-state index in [0.717, 1.165) is 17.7 Å². The summed E-state index contributed by atoms with van der Waals surface area (Å²) in [5.74, 6) is -2.49. The minimum absolute atomic E-state index is 0. The van der Waals surface area contributed by atoms with Gasteiger partial charge in [0.1, 0.15) is 18.2 Å². The molecule has 2 aromatic heterocycles. The molecule has 11 heteroatoms. The van der Waals surface area contributed by atoms with Crippen molar-refractivity contribution in [1.82, 2.24) is 14.8 Å². The molecule has 0 aliphatic carbocycles. The Kier molecular flexibility index (Phi) is 8.08. The molecule has 0 radical (unpaired) electrons. The van der Waals surface area contributed by atoms with Crippen LogP contribution < -0.4 is 34.3 Å². The van der Waals surface area contributed by atoms with Gasteiger partial charge in [0.15, 0.2) is 5.69 Å². The molecule has 0 fully saturated rings. The number of alkyl halides is 3. The van der Waals surface area contributed by atoms with Crippen molar-refractivity contribution in [3.05, 3.63) is 96.2 Å². The van der Waals surface area contributed by atoms with Gasteiger partial charge in [-0.25, -0.2) is 21.3 Å². The molecule has 0 aliphatic rings. The second-order valence-corrected chi connectivity index (χ2v) is 6.75. The number of carbonyl (C=O) groups excluding carboxylic acids is 1. The Balaban J connectivity index is 0.00000324. The van der Waals surface area contributed by atoms with E-state index in [4.69, 9.17) is 4.74 Å². The number of benzene rings is 2. The number of rotatable bonds is 6. The third kappa shape index (κ3) is 6.43. The fourth-order valence-corrected chi connectivity index (χ4v) is 3.02. The van der Waals surface area contributed by atoms with Gasteiger partial charge in [0.2, 0.25) is 0 Å². The first-order valence-corrected chi connectivity index (χ1v) is 9.48. The van der Waals surface area contributed by atoms with Crippen LogP contribution in [0.25, 0.3) is 16.9 Å². The van der Waals surface area contributed by atoms with Gasteiger partial charge in [-0.15, -0.1) is 13.2 Å². The largest absolute Gasteiger partial charge is 1.00 e. The smallest absolute Gasteiger partial charge is 0.456 e. The van der Waals surface area contributed by atoms with Crippen LogP contribution in [0.1, 0.15) is 16.1 Å². The van der Waals surface area contributed by atoms with Crippen LogP contribution in [0.15, 0.2) is 73.1 Å². The number of carbonyl (C=O) groups is 1. The Morgan fingerprint density at radius 3 is 2.53 bits per heavy atom. The molecule has 0 aliphatic heterocycles. The van der Waals surface area contributed by atoms with Gasteiger partial charge < -0.3 is 19.1 Å². The van der Waals surface area contributed by atoms with Crippen LogP contribution in [0.2, 0.25) is 0 Å². The van der Waals surface area contributed by atoms with Crippen LogP contribution in [0.5, 0.6) is 5.75 Å². The van der Waals surface area contributed by atoms with Crippen molar-refractivity contribution < 1.29 is 61.4 Å². The maximum Gasteiger partial charge on any atom is 1.00 e. The van der Waals surface area contributed by atoms with Crippen molar-refractivity contribution in [1.29, 1.82) is 0 Å². The summed E-state index contributed by atoms with van der Waals surface area (Å²) < 4.78 is 62.4. The fourth-order valence-electron chi connectivity index (χ4n) is 3.02. The number of nitrogens with zero attached hydrogens (tertiary/aromatic N) is 3. The number of ether oxygens (including phenoxy) is 2. The van der Waals surface area contributed by atoms with Crippen LogP contribution in [-0.4, -0.2) is 27.1 Å². The molecule has 6 nitrogen and oxygen atoms in total. The predicted molar refractivity (Wildman–Crippen MR) is 108 cm³/mol. The normalized spacial score (nSPS) is 10.9. The molecule has 0 unspecified atom stereocenters. The average Bonchev–Trinajstić information content (AvgIpc) is 3.23. The molecule has 4 aromatic rings. The summed E-state index contributed by atoms with van der Waals surface area (Å²) in [6, 6.07) is 17.1. The summed E-state index contributed by atoms with van der Waals surface area (Å²) in [5.41, 5.74) is 1.08. The van der Waals surface area contributed by atoms with Crippen LogP contribution in [0.4, 0.5) is 17.6 Å². The molecule has 0 amide bonds. The molecule has 2 heterocycles. The van der Waals surface area contributed by atoms with E-state index in [-0.39, 0.29) is 53.1 Å². The number of pyridine rings is 1. The molecule has 0 atom stereocenters. The molecule has 2 aromatic carbocycles. The summed E-state index contributed by atoms with van der Waals surface area (Å²) >= 11 is 0. The molecule has 4 rings (SSSR count). The fraction of sp³-hybridized carbons (Fsp3) is 0.0870. The zero-order chi connectivity index (χ0) is 23.4. The molecule has 0 N–H and O–H groups in total. The number of hydrogen-bond acceptors (Lipinski definition) is 5. The third-order valence-electron chi connectivity index (χ3n) is 4.36. The van der Waals surface area contributed by atoms with E-state index in [1.54, 1.807) is 24.3 Å². The van der Waals surface area contributed by atoms with Crippen LogP contribution in [0.3, 0.4) is 0 Å². The van der Waals surface area contributed by atoms with E-state index >= 15 is 0 Å². The number of aromatic nitrogens is 3. The molecule has 0 saturated carbocycles. The second-order valence-electron chi connectivity index (χ2n) is 6.75. The summed E-state index contributed by atoms with van der Waals surface area (Å²) in [5, 5.41) is 4.20.